The van der Waals surface area contributed by atoms with E-state index in [0.29, 0.717) is 17.2 Å². The summed E-state index contributed by atoms with van der Waals surface area (Å²) in [6.45, 7) is 3.87. The standard InChI is InChI=1S/C19H23ClN6O/c20-15-6-5-14-17(25-15)16-18(21-11-22-19(16)24-14)23-12-1-3-13(4-2-12)26-7-9-27-10-8-26/h5-6,11-13H,1-4,7-10H2,(H2,21,22,23,24)/t12-,13-. The van der Waals surface area contributed by atoms with Crippen LogP contribution in [-0.4, -0.2) is 63.2 Å². The van der Waals surface area contributed by atoms with Gasteiger partial charge in [-0.05, 0) is 37.8 Å². The largest absolute Gasteiger partial charge is 0.379 e. The van der Waals surface area contributed by atoms with Gasteiger partial charge >= 0.3 is 0 Å². The van der Waals surface area contributed by atoms with E-state index in [1.165, 1.54) is 12.8 Å². The van der Waals surface area contributed by atoms with Crippen LogP contribution in [-0.2, 0) is 4.74 Å². The minimum atomic E-state index is 0.421. The minimum Gasteiger partial charge on any atom is -0.379 e. The van der Waals surface area contributed by atoms with Crippen molar-refractivity contribution in [1.29, 1.82) is 0 Å². The van der Waals surface area contributed by atoms with E-state index in [4.69, 9.17) is 16.3 Å². The van der Waals surface area contributed by atoms with E-state index >= 15 is 0 Å². The van der Waals surface area contributed by atoms with Crippen molar-refractivity contribution in [3.63, 3.8) is 0 Å². The molecule has 5 rings (SSSR count). The molecule has 3 aromatic heterocycles. The van der Waals surface area contributed by atoms with E-state index in [9.17, 15) is 0 Å². The number of ether oxygens (including phenoxy) is 1. The molecule has 0 spiro atoms. The second-order valence-electron chi connectivity index (χ2n) is 7.40. The van der Waals surface area contributed by atoms with Gasteiger partial charge in [0, 0.05) is 25.2 Å². The monoisotopic (exact) mass is 386 g/mol. The number of rotatable bonds is 3. The predicted octanol–water partition coefficient (Wildman–Crippen LogP) is 3.21. The highest BCUT2D eigenvalue weighted by Gasteiger charge is 2.27. The van der Waals surface area contributed by atoms with Crippen molar-refractivity contribution in [3.8, 4) is 0 Å². The number of pyridine rings is 1. The van der Waals surface area contributed by atoms with Crippen LogP contribution in [0.15, 0.2) is 18.5 Å². The van der Waals surface area contributed by atoms with Crippen LogP contribution < -0.4 is 5.32 Å². The first-order valence-electron chi connectivity index (χ1n) is 9.65. The molecule has 0 aromatic carbocycles. The molecule has 1 aliphatic carbocycles. The molecule has 0 bridgehead atoms. The Bertz CT molecular complexity index is 946. The summed E-state index contributed by atoms with van der Waals surface area (Å²) in [5.74, 6) is 0.843. The zero-order valence-electron chi connectivity index (χ0n) is 15.1. The number of nitrogens with one attached hydrogen (secondary N) is 2. The number of nitrogens with zero attached hydrogens (tertiary/aromatic N) is 4. The summed E-state index contributed by atoms with van der Waals surface area (Å²) in [4.78, 5) is 19.3. The molecule has 1 saturated carbocycles. The first-order valence-corrected chi connectivity index (χ1v) is 10.0. The highest BCUT2D eigenvalue weighted by Crippen LogP contribution is 2.31. The fourth-order valence-corrected chi connectivity index (χ4v) is 4.54. The zero-order chi connectivity index (χ0) is 18.2. The van der Waals surface area contributed by atoms with Crippen molar-refractivity contribution in [1.82, 2.24) is 24.8 Å². The third-order valence-electron chi connectivity index (χ3n) is 5.80. The molecule has 2 aliphatic rings. The van der Waals surface area contributed by atoms with Crippen molar-refractivity contribution in [2.75, 3.05) is 31.6 Å². The Morgan fingerprint density at radius 1 is 1.11 bits per heavy atom. The molecule has 3 aromatic rings. The van der Waals surface area contributed by atoms with E-state index in [1.807, 2.05) is 6.07 Å². The quantitative estimate of drug-likeness (QED) is 0.673. The number of hydrogen-bond donors (Lipinski definition) is 2. The van der Waals surface area contributed by atoms with Crippen molar-refractivity contribution in [2.45, 2.75) is 37.8 Å². The number of fused-ring (bicyclic) bond motifs is 3. The average Bonchev–Trinajstić information content (AvgIpc) is 3.08. The lowest BCUT2D eigenvalue weighted by atomic mass is 9.90. The van der Waals surface area contributed by atoms with Gasteiger partial charge in [-0.2, -0.15) is 0 Å². The molecule has 142 valence electrons. The molecule has 7 nitrogen and oxygen atoms in total. The maximum absolute atomic E-state index is 6.11. The average molecular weight is 387 g/mol. The van der Waals surface area contributed by atoms with Gasteiger partial charge in [0.1, 0.15) is 28.5 Å². The molecule has 1 saturated heterocycles. The van der Waals surface area contributed by atoms with Crippen molar-refractivity contribution in [2.24, 2.45) is 0 Å². The molecular formula is C19H23ClN6O. The zero-order valence-corrected chi connectivity index (χ0v) is 15.9. The maximum Gasteiger partial charge on any atom is 0.145 e. The van der Waals surface area contributed by atoms with E-state index in [2.05, 4.69) is 30.2 Å². The number of hydrogen-bond acceptors (Lipinski definition) is 6. The first kappa shape index (κ1) is 17.2. The highest BCUT2D eigenvalue weighted by atomic mass is 35.5. The lowest BCUT2D eigenvalue weighted by Gasteiger charge is -2.39. The number of H-pyrrole nitrogens is 1. The Hall–Kier alpha value is -1.96. The third kappa shape index (κ3) is 3.35. The summed E-state index contributed by atoms with van der Waals surface area (Å²) < 4.78 is 5.48. The Morgan fingerprint density at radius 2 is 1.93 bits per heavy atom. The van der Waals surface area contributed by atoms with Gasteiger partial charge in [0.25, 0.3) is 0 Å². The van der Waals surface area contributed by atoms with Gasteiger partial charge in [-0.3, -0.25) is 4.90 Å². The van der Waals surface area contributed by atoms with Gasteiger partial charge in [0.2, 0.25) is 0 Å². The molecule has 0 amide bonds. The Balaban J connectivity index is 1.34. The fourth-order valence-electron chi connectivity index (χ4n) is 4.39. The Kier molecular flexibility index (Phi) is 4.59. The van der Waals surface area contributed by atoms with E-state index < -0.39 is 0 Å². The van der Waals surface area contributed by atoms with Gasteiger partial charge in [-0.25, -0.2) is 15.0 Å². The van der Waals surface area contributed by atoms with Gasteiger partial charge in [-0.15, -0.1) is 0 Å². The number of aromatic nitrogens is 4. The molecule has 0 atom stereocenters. The van der Waals surface area contributed by atoms with Crippen LogP contribution >= 0.6 is 11.6 Å². The maximum atomic E-state index is 6.11. The van der Waals surface area contributed by atoms with E-state index in [-0.39, 0.29) is 0 Å². The lowest BCUT2D eigenvalue weighted by molar-refractivity contribution is 0.00791. The van der Waals surface area contributed by atoms with Crippen LogP contribution in [0.25, 0.3) is 22.1 Å². The van der Waals surface area contributed by atoms with Gasteiger partial charge in [0.05, 0.1) is 24.1 Å². The normalized spacial score (nSPS) is 24.5. The molecule has 0 radical (unpaired) electrons. The van der Waals surface area contributed by atoms with Gasteiger partial charge in [-0.1, -0.05) is 11.6 Å². The summed E-state index contributed by atoms with van der Waals surface area (Å²) in [6.07, 6.45) is 6.31. The smallest absolute Gasteiger partial charge is 0.145 e. The SMILES string of the molecule is Clc1ccc2[nH]c3ncnc(N[C@H]4CC[C@H](N5CCOCC5)CC4)c3c2n1. The van der Waals surface area contributed by atoms with Gasteiger partial charge in [0.15, 0.2) is 0 Å². The van der Waals surface area contributed by atoms with Crippen LogP contribution in [0.5, 0.6) is 0 Å². The Morgan fingerprint density at radius 3 is 2.74 bits per heavy atom. The molecule has 4 heterocycles. The molecule has 1 aliphatic heterocycles. The molecular weight excluding hydrogens is 364 g/mol. The van der Waals surface area contributed by atoms with Crippen molar-refractivity contribution < 1.29 is 4.74 Å². The molecule has 0 unspecified atom stereocenters. The first-order chi connectivity index (χ1) is 13.3. The number of halogens is 1. The highest BCUT2D eigenvalue weighted by molar-refractivity contribution is 6.30. The molecule has 27 heavy (non-hydrogen) atoms. The summed E-state index contributed by atoms with van der Waals surface area (Å²) in [7, 11) is 0. The van der Waals surface area contributed by atoms with Crippen LogP contribution in [0.2, 0.25) is 5.15 Å². The minimum absolute atomic E-state index is 0.421. The second kappa shape index (κ2) is 7.22. The molecule has 8 heteroatoms. The lowest BCUT2D eigenvalue weighted by Crippen LogP contribution is -2.46. The summed E-state index contributed by atoms with van der Waals surface area (Å²) in [5.41, 5.74) is 2.54. The summed E-state index contributed by atoms with van der Waals surface area (Å²) >= 11 is 6.11. The van der Waals surface area contributed by atoms with Crippen LogP contribution in [0.3, 0.4) is 0 Å². The topological polar surface area (TPSA) is 79.0 Å². The van der Waals surface area contributed by atoms with E-state index in [1.54, 1.807) is 12.4 Å². The summed E-state index contributed by atoms with van der Waals surface area (Å²) in [5, 5.41) is 5.05. The summed E-state index contributed by atoms with van der Waals surface area (Å²) in [6, 6.07) is 4.83. The van der Waals surface area contributed by atoms with Crippen LogP contribution in [0.4, 0.5) is 5.82 Å². The van der Waals surface area contributed by atoms with Crippen LogP contribution in [0, 0.1) is 0 Å². The van der Waals surface area contributed by atoms with Crippen molar-refractivity contribution >= 4 is 39.5 Å². The Labute approximate surface area is 162 Å². The number of anilines is 1. The second-order valence-corrected chi connectivity index (χ2v) is 7.79. The third-order valence-corrected chi connectivity index (χ3v) is 6.01. The molecule has 2 fully saturated rings. The van der Waals surface area contributed by atoms with E-state index in [0.717, 1.165) is 67.0 Å². The number of aromatic amines is 1. The van der Waals surface area contributed by atoms with Gasteiger partial charge < -0.3 is 15.0 Å². The fraction of sp³-hybridized carbons (Fsp3) is 0.526. The number of morpholine rings is 1. The van der Waals surface area contributed by atoms with Crippen LogP contribution in [0.1, 0.15) is 25.7 Å². The molecule has 2 N–H and O–H groups in total. The van der Waals surface area contributed by atoms with Crippen molar-refractivity contribution in [3.05, 3.63) is 23.6 Å². The predicted molar refractivity (Wildman–Crippen MR) is 106 cm³/mol.